The van der Waals surface area contributed by atoms with Gasteiger partial charge in [-0.1, -0.05) is 31.7 Å². The molecule has 1 N–H and O–H groups in total. The molecule has 28 heavy (non-hydrogen) atoms. The van der Waals surface area contributed by atoms with Gasteiger partial charge in [0.1, 0.15) is 16.3 Å². The highest BCUT2D eigenvalue weighted by Crippen LogP contribution is 2.34. The number of aryl methyl sites for hydroxylation is 1. The molecule has 2 aliphatic rings. The highest BCUT2D eigenvalue weighted by Gasteiger charge is 2.50. The number of halogens is 1. The second kappa shape index (κ2) is 7.81. The summed E-state index contributed by atoms with van der Waals surface area (Å²) >= 11 is 0. The van der Waals surface area contributed by atoms with Crippen LogP contribution < -0.4 is 4.72 Å². The van der Waals surface area contributed by atoms with Gasteiger partial charge in [0.2, 0.25) is 5.91 Å². The van der Waals surface area contributed by atoms with E-state index in [0.717, 1.165) is 25.3 Å². The molecule has 1 aliphatic heterocycles. The number of hydrogen-bond acceptors (Lipinski definition) is 4. The normalized spacial score (nSPS) is 22.8. The number of likely N-dealkylation sites (tertiary alicyclic amines) is 1. The predicted molar refractivity (Wildman–Crippen MR) is 102 cm³/mol. The fourth-order valence-electron chi connectivity index (χ4n) is 4.06. The Labute approximate surface area is 165 Å². The molecule has 2 amide bonds. The number of nitrogens with one attached hydrogen (secondary N) is 1. The summed E-state index contributed by atoms with van der Waals surface area (Å²) < 4.78 is 40.9. The van der Waals surface area contributed by atoms with Crippen molar-refractivity contribution in [3.63, 3.8) is 0 Å². The minimum absolute atomic E-state index is 0.130. The van der Waals surface area contributed by atoms with Crippen LogP contribution >= 0.6 is 0 Å². The van der Waals surface area contributed by atoms with E-state index >= 15 is 0 Å². The lowest BCUT2D eigenvalue weighted by molar-refractivity contribution is -0.156. The van der Waals surface area contributed by atoms with Gasteiger partial charge in [-0.15, -0.1) is 0 Å². The Morgan fingerprint density at radius 3 is 2.57 bits per heavy atom. The van der Waals surface area contributed by atoms with Crippen molar-refractivity contribution in [3.05, 3.63) is 29.6 Å². The summed E-state index contributed by atoms with van der Waals surface area (Å²) in [6, 6.07) is 3.69. The molecule has 1 saturated heterocycles. The number of rotatable bonds is 6. The average Bonchev–Trinajstić information content (AvgIpc) is 3.13. The fourth-order valence-corrected chi connectivity index (χ4v) is 5.30. The molecular formula is C20H27FN2O4S. The van der Waals surface area contributed by atoms with Gasteiger partial charge in [0.25, 0.3) is 15.9 Å². The van der Waals surface area contributed by atoms with Crippen LogP contribution in [0.5, 0.6) is 0 Å². The first-order valence-electron chi connectivity index (χ1n) is 9.77. The van der Waals surface area contributed by atoms with Crippen molar-refractivity contribution in [1.29, 1.82) is 0 Å². The van der Waals surface area contributed by atoms with E-state index in [-0.39, 0.29) is 5.91 Å². The summed E-state index contributed by atoms with van der Waals surface area (Å²) in [5.41, 5.74) is -0.659. The first kappa shape index (κ1) is 20.8. The smallest absolute Gasteiger partial charge is 0.267 e. The van der Waals surface area contributed by atoms with Crippen LogP contribution in [0.4, 0.5) is 4.39 Å². The van der Waals surface area contributed by atoms with Gasteiger partial charge in [-0.2, -0.15) is 0 Å². The Kier molecular flexibility index (Phi) is 5.79. The molecule has 0 bridgehead atoms. The monoisotopic (exact) mass is 410 g/mol. The molecule has 1 atom stereocenters. The average molecular weight is 411 g/mol. The molecule has 8 heteroatoms. The van der Waals surface area contributed by atoms with Gasteiger partial charge in [-0.25, -0.2) is 17.5 Å². The largest absolute Gasteiger partial charge is 0.328 e. The van der Waals surface area contributed by atoms with Gasteiger partial charge >= 0.3 is 0 Å². The second-order valence-electron chi connectivity index (χ2n) is 8.13. The molecule has 3 rings (SSSR count). The highest BCUT2D eigenvalue weighted by atomic mass is 32.2. The summed E-state index contributed by atoms with van der Waals surface area (Å²) in [7, 11) is -4.36. The van der Waals surface area contributed by atoms with Gasteiger partial charge in [0, 0.05) is 13.0 Å². The third kappa shape index (κ3) is 4.06. The maximum Gasteiger partial charge on any atom is 0.267 e. The molecule has 0 aromatic heterocycles. The molecule has 1 aromatic rings. The molecule has 1 saturated carbocycles. The summed E-state index contributed by atoms with van der Waals surface area (Å²) in [6.07, 6.45) is 6.25. The van der Waals surface area contributed by atoms with Gasteiger partial charge in [0.15, 0.2) is 0 Å². The summed E-state index contributed by atoms with van der Waals surface area (Å²) in [6.45, 7) is 3.62. The van der Waals surface area contributed by atoms with Crippen LogP contribution in [0.15, 0.2) is 23.1 Å². The molecule has 0 spiro atoms. The van der Waals surface area contributed by atoms with Gasteiger partial charge in [-0.3, -0.25) is 9.59 Å². The van der Waals surface area contributed by atoms with E-state index in [1.54, 1.807) is 13.8 Å². The number of benzene rings is 1. The lowest BCUT2D eigenvalue weighted by Gasteiger charge is -2.49. The van der Waals surface area contributed by atoms with Crippen molar-refractivity contribution < 1.29 is 22.4 Å². The number of hydrogen-bond donors (Lipinski definition) is 1. The molecule has 1 aromatic carbocycles. The van der Waals surface area contributed by atoms with Crippen LogP contribution in [-0.4, -0.2) is 37.2 Å². The quantitative estimate of drug-likeness (QED) is 0.782. The van der Waals surface area contributed by atoms with Crippen LogP contribution in [0, 0.1) is 18.7 Å². The Morgan fingerprint density at radius 2 is 1.96 bits per heavy atom. The maximum absolute atomic E-state index is 14.0. The van der Waals surface area contributed by atoms with E-state index in [1.807, 2.05) is 4.72 Å². The maximum atomic E-state index is 14.0. The Bertz CT molecular complexity index is 880. The van der Waals surface area contributed by atoms with Crippen molar-refractivity contribution in [2.24, 2.45) is 5.92 Å². The number of sulfonamides is 1. The molecule has 1 unspecified atom stereocenters. The van der Waals surface area contributed by atoms with Crippen molar-refractivity contribution in [2.45, 2.75) is 69.2 Å². The minimum atomic E-state index is -4.36. The van der Waals surface area contributed by atoms with Gasteiger partial charge in [0.05, 0.1) is 0 Å². The first-order valence-corrected chi connectivity index (χ1v) is 11.3. The van der Waals surface area contributed by atoms with Crippen molar-refractivity contribution in [3.8, 4) is 0 Å². The molecule has 0 radical (unpaired) electrons. The second-order valence-corrected chi connectivity index (χ2v) is 9.78. The number of carbonyl (C=O) groups is 2. The fraction of sp³-hybridized carbons (Fsp3) is 0.600. The third-order valence-corrected chi connectivity index (χ3v) is 7.40. The van der Waals surface area contributed by atoms with Crippen LogP contribution in [0.2, 0.25) is 0 Å². The Balaban J connectivity index is 1.67. The lowest BCUT2D eigenvalue weighted by Crippen LogP contribution is -2.67. The van der Waals surface area contributed by atoms with Crippen molar-refractivity contribution in [2.75, 3.05) is 6.54 Å². The summed E-state index contributed by atoms with van der Waals surface area (Å²) in [4.78, 5) is 26.2. The van der Waals surface area contributed by atoms with Gasteiger partial charge < -0.3 is 4.90 Å². The Morgan fingerprint density at radius 1 is 1.29 bits per heavy atom. The highest BCUT2D eigenvalue weighted by molar-refractivity contribution is 7.90. The minimum Gasteiger partial charge on any atom is -0.328 e. The van der Waals surface area contributed by atoms with E-state index in [4.69, 9.17) is 0 Å². The summed E-state index contributed by atoms with van der Waals surface area (Å²) in [5.74, 6) is -1.28. The van der Waals surface area contributed by atoms with E-state index in [1.165, 1.54) is 29.9 Å². The van der Waals surface area contributed by atoms with E-state index in [9.17, 15) is 22.4 Å². The zero-order chi connectivity index (χ0) is 20.5. The molecule has 1 heterocycles. The standard InChI is InChI=1S/C20H27FN2O4S/c1-14-7-9-16(21)17(13-14)28(26,27)22-19(25)20(2)11-12-23(20)18(24)10-8-15-5-3-4-6-15/h7,9,13,15H,3-6,8,10-12H2,1-2H3,(H,22,25). The SMILES string of the molecule is Cc1ccc(F)c(S(=O)(=O)NC(=O)C2(C)CCN2C(=O)CCC2CCCC2)c1. The molecule has 6 nitrogen and oxygen atoms in total. The van der Waals surface area contributed by atoms with E-state index in [2.05, 4.69) is 0 Å². The molecular weight excluding hydrogens is 383 g/mol. The van der Waals surface area contributed by atoms with Crippen molar-refractivity contribution in [1.82, 2.24) is 9.62 Å². The topological polar surface area (TPSA) is 83.6 Å². The van der Waals surface area contributed by atoms with Gasteiger partial charge in [-0.05, 0) is 50.3 Å². The molecule has 154 valence electrons. The van der Waals surface area contributed by atoms with E-state index < -0.39 is 32.2 Å². The number of amides is 2. The third-order valence-electron chi connectivity index (χ3n) is 6.05. The number of nitrogens with zero attached hydrogens (tertiary/aromatic N) is 1. The number of carbonyl (C=O) groups excluding carboxylic acids is 2. The first-order chi connectivity index (χ1) is 13.1. The van der Waals surface area contributed by atoms with Crippen LogP contribution in [0.1, 0.15) is 57.4 Å². The Hall–Kier alpha value is -1.96. The molecule has 2 fully saturated rings. The lowest BCUT2D eigenvalue weighted by atomic mass is 9.85. The van der Waals surface area contributed by atoms with Crippen LogP contribution in [0.3, 0.4) is 0 Å². The zero-order valence-corrected chi connectivity index (χ0v) is 17.1. The van der Waals surface area contributed by atoms with Crippen LogP contribution in [0.25, 0.3) is 0 Å². The summed E-state index contributed by atoms with van der Waals surface area (Å²) in [5, 5.41) is 0. The predicted octanol–water partition coefficient (Wildman–Crippen LogP) is 2.90. The zero-order valence-electron chi connectivity index (χ0n) is 16.3. The van der Waals surface area contributed by atoms with E-state index in [0.29, 0.717) is 30.9 Å². The van der Waals surface area contributed by atoms with Crippen molar-refractivity contribution >= 4 is 21.8 Å². The molecule has 1 aliphatic carbocycles. The van der Waals surface area contributed by atoms with Crippen LogP contribution in [-0.2, 0) is 19.6 Å².